The van der Waals surface area contributed by atoms with Gasteiger partial charge in [-0.2, -0.15) is 0 Å². The molecule has 0 fully saturated rings. The Bertz CT molecular complexity index is 270. The molecule has 1 rings (SSSR count). The van der Waals surface area contributed by atoms with Crippen LogP contribution in [0.3, 0.4) is 0 Å². The summed E-state index contributed by atoms with van der Waals surface area (Å²) in [5.74, 6) is 1.45. The maximum absolute atomic E-state index is 9.06. The highest BCUT2D eigenvalue weighted by Crippen LogP contribution is 2.19. The third-order valence-corrected chi connectivity index (χ3v) is 2.09. The molecule has 78 valence electrons. The van der Waals surface area contributed by atoms with Crippen molar-refractivity contribution in [1.29, 1.82) is 0 Å². The zero-order valence-electron chi connectivity index (χ0n) is 9.08. The highest BCUT2D eigenvalue weighted by atomic mass is 16.5. The van der Waals surface area contributed by atoms with E-state index < -0.39 is 0 Å². The van der Waals surface area contributed by atoms with Gasteiger partial charge in [0.05, 0.1) is 13.7 Å². The van der Waals surface area contributed by atoms with Crippen LogP contribution in [0.5, 0.6) is 5.75 Å². The van der Waals surface area contributed by atoms with Crippen LogP contribution in [0.4, 0.5) is 0 Å². The average molecular weight is 194 g/mol. The summed E-state index contributed by atoms with van der Waals surface area (Å²) in [4.78, 5) is 0. The van der Waals surface area contributed by atoms with E-state index in [-0.39, 0.29) is 6.61 Å². The topological polar surface area (TPSA) is 29.5 Å². The van der Waals surface area contributed by atoms with Gasteiger partial charge >= 0.3 is 0 Å². The highest BCUT2D eigenvalue weighted by Gasteiger charge is 2.02. The normalized spacial score (nSPS) is 10.6. The molecule has 0 atom stereocenters. The molecule has 1 N–H and O–H groups in total. The molecule has 0 amide bonds. The molecule has 2 heteroatoms. The van der Waals surface area contributed by atoms with Gasteiger partial charge in [0.15, 0.2) is 0 Å². The van der Waals surface area contributed by atoms with Crippen LogP contribution in [-0.2, 0) is 13.0 Å². The minimum absolute atomic E-state index is 0.0717. The summed E-state index contributed by atoms with van der Waals surface area (Å²) in [6, 6.07) is 5.92. The first kappa shape index (κ1) is 11.1. The van der Waals surface area contributed by atoms with Crippen molar-refractivity contribution >= 4 is 0 Å². The third kappa shape index (κ3) is 3.04. The van der Waals surface area contributed by atoms with Crippen molar-refractivity contribution in [1.82, 2.24) is 0 Å². The number of methoxy groups -OCH3 is 1. The van der Waals surface area contributed by atoms with Gasteiger partial charge in [0, 0.05) is 0 Å². The Morgan fingerprint density at radius 2 is 1.86 bits per heavy atom. The molecule has 0 saturated carbocycles. The van der Waals surface area contributed by atoms with E-state index in [9.17, 15) is 0 Å². The second-order valence-corrected chi connectivity index (χ2v) is 3.95. The highest BCUT2D eigenvalue weighted by molar-refractivity contribution is 5.34. The molecule has 1 aromatic rings. The Kier molecular flexibility index (Phi) is 3.96. The Morgan fingerprint density at radius 3 is 2.36 bits per heavy atom. The molecule has 0 spiro atoms. The van der Waals surface area contributed by atoms with Crippen LogP contribution in [0, 0.1) is 5.92 Å². The van der Waals surface area contributed by atoms with Crippen LogP contribution in [0.2, 0.25) is 0 Å². The summed E-state index contributed by atoms with van der Waals surface area (Å²) in [5.41, 5.74) is 2.14. The fourth-order valence-electron chi connectivity index (χ4n) is 1.53. The smallest absolute Gasteiger partial charge is 0.119 e. The van der Waals surface area contributed by atoms with Crippen molar-refractivity contribution in [3.63, 3.8) is 0 Å². The van der Waals surface area contributed by atoms with Gasteiger partial charge in [0.25, 0.3) is 0 Å². The molecular formula is C12H18O2. The van der Waals surface area contributed by atoms with Gasteiger partial charge in [-0.25, -0.2) is 0 Å². The van der Waals surface area contributed by atoms with E-state index in [1.807, 2.05) is 18.2 Å². The molecule has 0 aromatic heterocycles. The van der Waals surface area contributed by atoms with Crippen LogP contribution in [-0.4, -0.2) is 12.2 Å². The van der Waals surface area contributed by atoms with Gasteiger partial charge in [-0.1, -0.05) is 19.9 Å². The van der Waals surface area contributed by atoms with Gasteiger partial charge in [-0.3, -0.25) is 0 Å². The van der Waals surface area contributed by atoms with Crippen molar-refractivity contribution in [3.05, 3.63) is 29.3 Å². The lowest BCUT2D eigenvalue weighted by Gasteiger charge is -2.09. The van der Waals surface area contributed by atoms with E-state index >= 15 is 0 Å². The first-order valence-corrected chi connectivity index (χ1v) is 4.93. The summed E-state index contributed by atoms with van der Waals surface area (Å²) in [6.45, 7) is 4.43. The number of hydrogen-bond acceptors (Lipinski definition) is 2. The molecule has 0 heterocycles. The largest absolute Gasteiger partial charge is 0.497 e. The first-order valence-electron chi connectivity index (χ1n) is 4.93. The minimum atomic E-state index is 0.0717. The Hall–Kier alpha value is -1.02. The van der Waals surface area contributed by atoms with Crippen LogP contribution in [0.25, 0.3) is 0 Å². The Morgan fingerprint density at radius 1 is 1.21 bits per heavy atom. The first-order chi connectivity index (χ1) is 6.65. The van der Waals surface area contributed by atoms with Crippen LogP contribution >= 0.6 is 0 Å². The second-order valence-electron chi connectivity index (χ2n) is 3.95. The molecular weight excluding hydrogens is 176 g/mol. The summed E-state index contributed by atoms with van der Waals surface area (Å²) >= 11 is 0. The lowest BCUT2D eigenvalue weighted by Crippen LogP contribution is -1.97. The molecule has 1 aromatic carbocycles. The average Bonchev–Trinajstić information content (AvgIpc) is 2.16. The predicted octanol–water partition coefficient (Wildman–Crippen LogP) is 2.39. The van der Waals surface area contributed by atoms with E-state index in [0.717, 1.165) is 17.7 Å². The number of ether oxygens (including phenoxy) is 1. The van der Waals surface area contributed by atoms with Crippen LogP contribution in [0.1, 0.15) is 25.0 Å². The molecule has 2 nitrogen and oxygen atoms in total. The third-order valence-electron chi connectivity index (χ3n) is 2.09. The molecule has 0 aliphatic carbocycles. The lowest BCUT2D eigenvalue weighted by molar-refractivity contribution is 0.281. The van der Waals surface area contributed by atoms with E-state index in [1.54, 1.807) is 7.11 Å². The second kappa shape index (κ2) is 5.01. The van der Waals surface area contributed by atoms with Gasteiger partial charge < -0.3 is 9.84 Å². The van der Waals surface area contributed by atoms with Crippen molar-refractivity contribution < 1.29 is 9.84 Å². The van der Waals surface area contributed by atoms with Gasteiger partial charge in [-0.05, 0) is 35.6 Å². The number of aliphatic hydroxyl groups excluding tert-OH is 1. The Balaban J connectivity index is 2.92. The molecule has 14 heavy (non-hydrogen) atoms. The van der Waals surface area contributed by atoms with E-state index in [0.29, 0.717) is 5.92 Å². The molecule has 0 aliphatic rings. The molecule has 0 radical (unpaired) electrons. The van der Waals surface area contributed by atoms with Crippen molar-refractivity contribution in [2.75, 3.05) is 7.11 Å². The number of aliphatic hydroxyl groups is 1. The zero-order chi connectivity index (χ0) is 10.6. The van der Waals surface area contributed by atoms with Crippen molar-refractivity contribution in [2.45, 2.75) is 26.9 Å². The van der Waals surface area contributed by atoms with E-state index in [2.05, 4.69) is 13.8 Å². The maximum atomic E-state index is 9.06. The summed E-state index contributed by atoms with van der Waals surface area (Å²) in [5, 5.41) is 9.06. The number of rotatable bonds is 4. The monoisotopic (exact) mass is 194 g/mol. The SMILES string of the molecule is COc1cc(CO)cc(CC(C)C)c1. The molecule has 0 unspecified atom stereocenters. The van der Waals surface area contributed by atoms with Gasteiger partial charge in [0.1, 0.15) is 5.75 Å². The summed E-state index contributed by atoms with van der Waals surface area (Å²) in [7, 11) is 1.65. The summed E-state index contributed by atoms with van der Waals surface area (Å²) in [6.07, 6.45) is 1.02. The number of benzene rings is 1. The quantitative estimate of drug-likeness (QED) is 0.797. The molecule has 0 aliphatic heterocycles. The van der Waals surface area contributed by atoms with Crippen LogP contribution in [0.15, 0.2) is 18.2 Å². The molecule has 0 bridgehead atoms. The minimum Gasteiger partial charge on any atom is -0.497 e. The van der Waals surface area contributed by atoms with E-state index in [1.165, 1.54) is 5.56 Å². The number of hydrogen-bond donors (Lipinski definition) is 1. The van der Waals surface area contributed by atoms with Gasteiger partial charge in [-0.15, -0.1) is 0 Å². The van der Waals surface area contributed by atoms with Gasteiger partial charge in [0.2, 0.25) is 0 Å². The standard InChI is InChI=1S/C12H18O2/c1-9(2)4-10-5-11(8-13)7-12(6-10)14-3/h5-7,9,13H,4,8H2,1-3H3. The summed E-state index contributed by atoms with van der Waals surface area (Å²) < 4.78 is 5.17. The fraction of sp³-hybridized carbons (Fsp3) is 0.500. The van der Waals surface area contributed by atoms with Crippen molar-refractivity contribution in [3.8, 4) is 5.75 Å². The van der Waals surface area contributed by atoms with E-state index in [4.69, 9.17) is 9.84 Å². The lowest BCUT2D eigenvalue weighted by atomic mass is 10.0. The Labute approximate surface area is 85.5 Å². The predicted molar refractivity (Wildman–Crippen MR) is 57.5 cm³/mol. The van der Waals surface area contributed by atoms with Crippen molar-refractivity contribution in [2.24, 2.45) is 5.92 Å². The maximum Gasteiger partial charge on any atom is 0.119 e. The van der Waals surface area contributed by atoms with Crippen LogP contribution < -0.4 is 4.74 Å². The zero-order valence-corrected chi connectivity index (χ0v) is 9.08. The molecule has 0 saturated heterocycles. The fourth-order valence-corrected chi connectivity index (χ4v) is 1.53.